The number of carbonyl (C=O) groups excluding carboxylic acids is 2. The van der Waals surface area contributed by atoms with Gasteiger partial charge in [-0.25, -0.2) is 14.6 Å². The second-order valence-corrected chi connectivity index (χ2v) is 8.92. The van der Waals surface area contributed by atoms with Crippen molar-refractivity contribution in [1.82, 2.24) is 9.55 Å². The Bertz CT molecular complexity index is 1670. The number of aromatic nitrogens is 2. The molecule has 2 aliphatic rings. The molecule has 0 saturated carbocycles. The van der Waals surface area contributed by atoms with Crippen molar-refractivity contribution in [2.24, 2.45) is 0 Å². The van der Waals surface area contributed by atoms with Crippen molar-refractivity contribution in [3.63, 3.8) is 0 Å². The highest BCUT2D eigenvalue weighted by molar-refractivity contribution is 5.95. The molecule has 9 heteroatoms. The molecule has 9 nitrogen and oxygen atoms in total. The van der Waals surface area contributed by atoms with Crippen LogP contribution >= 0.6 is 0 Å². The summed E-state index contributed by atoms with van der Waals surface area (Å²) in [7, 11) is 0. The van der Waals surface area contributed by atoms with Crippen molar-refractivity contribution in [3.05, 3.63) is 87.2 Å². The Hall–Kier alpha value is -4.66. The van der Waals surface area contributed by atoms with Crippen molar-refractivity contribution in [3.8, 4) is 17.1 Å². The van der Waals surface area contributed by atoms with E-state index >= 15 is 0 Å². The first kappa shape index (κ1) is 21.8. The van der Waals surface area contributed by atoms with E-state index in [2.05, 4.69) is 0 Å². The van der Waals surface area contributed by atoms with Crippen LogP contribution in [0.2, 0.25) is 0 Å². The molecular formula is C27H21N3O6. The third-order valence-electron chi connectivity index (χ3n) is 6.90. The fraction of sp³-hybridized carbons (Fsp3) is 0.185. The lowest BCUT2D eigenvalue weighted by Gasteiger charge is -2.35. The number of rotatable bonds is 3. The number of benzene rings is 2. The average molecular weight is 483 g/mol. The van der Waals surface area contributed by atoms with E-state index in [4.69, 9.17) is 20.2 Å². The predicted molar refractivity (Wildman–Crippen MR) is 130 cm³/mol. The number of esters is 2. The first-order valence-corrected chi connectivity index (χ1v) is 11.5. The van der Waals surface area contributed by atoms with E-state index < -0.39 is 17.5 Å². The van der Waals surface area contributed by atoms with E-state index in [9.17, 15) is 19.5 Å². The normalized spacial score (nSPS) is 17.8. The molecule has 0 spiro atoms. The van der Waals surface area contributed by atoms with E-state index in [0.717, 1.165) is 10.9 Å². The highest BCUT2D eigenvalue weighted by Crippen LogP contribution is 2.41. The predicted octanol–water partition coefficient (Wildman–Crippen LogP) is 3.23. The van der Waals surface area contributed by atoms with Crippen LogP contribution in [-0.4, -0.2) is 26.6 Å². The van der Waals surface area contributed by atoms with Crippen molar-refractivity contribution >= 4 is 28.5 Å². The third kappa shape index (κ3) is 3.02. The quantitative estimate of drug-likeness (QED) is 0.295. The smallest absolute Gasteiger partial charge is 0.355 e. The first-order valence-electron chi connectivity index (χ1n) is 11.5. The van der Waals surface area contributed by atoms with E-state index in [1.54, 1.807) is 23.6 Å². The number of pyridine rings is 2. The summed E-state index contributed by atoms with van der Waals surface area (Å²) >= 11 is 0. The van der Waals surface area contributed by atoms with Gasteiger partial charge in [-0.05, 0) is 48.9 Å². The minimum atomic E-state index is -1.82. The van der Waals surface area contributed by atoms with E-state index in [0.29, 0.717) is 29.1 Å². The molecule has 4 heterocycles. The van der Waals surface area contributed by atoms with E-state index in [1.807, 2.05) is 18.2 Å². The van der Waals surface area contributed by atoms with Crippen LogP contribution in [0, 0.1) is 0 Å². The third-order valence-corrected chi connectivity index (χ3v) is 6.90. The summed E-state index contributed by atoms with van der Waals surface area (Å²) in [6.07, 6.45) is 0.0425. The number of nitrogen functional groups attached to an aromatic ring is 1. The number of hydrogen-bond acceptors (Lipinski definition) is 8. The zero-order chi connectivity index (χ0) is 25.2. The molecule has 180 valence electrons. The van der Waals surface area contributed by atoms with Crippen molar-refractivity contribution in [2.45, 2.75) is 32.1 Å². The van der Waals surface area contributed by atoms with Crippen molar-refractivity contribution in [2.75, 3.05) is 5.73 Å². The van der Waals surface area contributed by atoms with Crippen LogP contribution in [0.25, 0.3) is 22.3 Å². The molecule has 0 bridgehead atoms. The van der Waals surface area contributed by atoms with Crippen LogP contribution in [0.1, 0.15) is 40.4 Å². The standard InChI is InChI=1S/C27H21N3O6/c1-2-27(36-25(33)14-5-3-6-16(31)9-14)19-11-22-23-15(10-17-20(28)7-4-8-21(17)29-23)12-30(22)24(32)18(19)13-35-26(27)34/h3-11,31H,2,12-13,28H2,1H3/t27-/m0/s1. The molecule has 4 aromatic rings. The van der Waals surface area contributed by atoms with Crippen LogP contribution in [-0.2, 0) is 33.0 Å². The summed E-state index contributed by atoms with van der Waals surface area (Å²) in [5.74, 6) is -1.70. The monoisotopic (exact) mass is 483 g/mol. The number of cyclic esters (lactones) is 1. The molecule has 2 aliphatic heterocycles. The van der Waals surface area contributed by atoms with Gasteiger partial charge in [0.25, 0.3) is 5.56 Å². The van der Waals surface area contributed by atoms with Crippen LogP contribution in [0.15, 0.2) is 59.4 Å². The number of anilines is 1. The minimum Gasteiger partial charge on any atom is -0.508 e. The van der Waals surface area contributed by atoms with Gasteiger partial charge in [-0.2, -0.15) is 0 Å². The zero-order valence-electron chi connectivity index (χ0n) is 19.3. The maximum atomic E-state index is 13.6. The Kier molecular flexibility index (Phi) is 4.66. The molecule has 3 N–H and O–H groups in total. The zero-order valence-corrected chi connectivity index (χ0v) is 19.3. The van der Waals surface area contributed by atoms with Crippen molar-refractivity contribution in [1.29, 1.82) is 0 Å². The van der Waals surface area contributed by atoms with Gasteiger partial charge < -0.3 is 24.9 Å². The van der Waals surface area contributed by atoms with Gasteiger partial charge in [-0.15, -0.1) is 0 Å². The topological polar surface area (TPSA) is 134 Å². The summed E-state index contributed by atoms with van der Waals surface area (Å²) in [6.45, 7) is 1.75. The van der Waals surface area contributed by atoms with Crippen LogP contribution < -0.4 is 11.3 Å². The molecule has 2 aromatic heterocycles. The molecular weight excluding hydrogens is 462 g/mol. The van der Waals surface area contributed by atoms with Gasteiger partial charge >= 0.3 is 11.9 Å². The van der Waals surface area contributed by atoms with Gasteiger partial charge in [0.15, 0.2) is 0 Å². The first-order chi connectivity index (χ1) is 17.3. The number of phenols is 1. The van der Waals surface area contributed by atoms with Crippen LogP contribution in [0.4, 0.5) is 5.69 Å². The fourth-order valence-electron chi connectivity index (χ4n) is 5.03. The van der Waals surface area contributed by atoms with Gasteiger partial charge in [-0.3, -0.25) is 4.79 Å². The lowest BCUT2D eigenvalue weighted by atomic mass is 9.85. The number of carbonyl (C=O) groups is 2. The van der Waals surface area contributed by atoms with Gasteiger partial charge in [0.1, 0.15) is 12.4 Å². The van der Waals surface area contributed by atoms with Crippen LogP contribution in [0.3, 0.4) is 0 Å². The summed E-state index contributed by atoms with van der Waals surface area (Å²) in [6, 6.07) is 14.7. The Morgan fingerprint density at radius 1 is 1.19 bits per heavy atom. The molecule has 0 fully saturated rings. The van der Waals surface area contributed by atoms with E-state index in [1.165, 1.54) is 24.3 Å². The highest BCUT2D eigenvalue weighted by atomic mass is 16.6. The summed E-state index contributed by atoms with van der Waals surface area (Å²) in [5.41, 5.74) is 7.81. The molecule has 36 heavy (non-hydrogen) atoms. The molecule has 1 atom stereocenters. The Balaban J connectivity index is 1.53. The lowest BCUT2D eigenvalue weighted by Crippen LogP contribution is -2.47. The van der Waals surface area contributed by atoms with Crippen molar-refractivity contribution < 1.29 is 24.2 Å². The van der Waals surface area contributed by atoms with E-state index in [-0.39, 0.29) is 41.0 Å². The van der Waals surface area contributed by atoms with Crippen LogP contribution in [0.5, 0.6) is 5.75 Å². The lowest BCUT2D eigenvalue weighted by molar-refractivity contribution is -0.173. The number of phenolic OH excluding ortho intramolecular Hbond substituents is 1. The molecule has 0 aliphatic carbocycles. The number of fused-ring (bicyclic) bond motifs is 5. The van der Waals surface area contributed by atoms with Gasteiger partial charge in [-0.1, -0.05) is 19.1 Å². The van der Waals surface area contributed by atoms with Gasteiger partial charge in [0.2, 0.25) is 5.60 Å². The van der Waals surface area contributed by atoms with Gasteiger partial charge in [0.05, 0.1) is 34.6 Å². The Labute approximate surface area is 204 Å². The SMILES string of the molecule is CC[C@@]1(OC(=O)c2cccc(O)c2)C(=O)OCc2c1cc1n(c2=O)Cc2cc3c(N)cccc3nc2-1. The maximum Gasteiger partial charge on any atom is 0.355 e. The Morgan fingerprint density at radius 3 is 2.78 bits per heavy atom. The second-order valence-electron chi connectivity index (χ2n) is 8.92. The number of nitrogens with two attached hydrogens (primary N) is 1. The molecule has 0 saturated heterocycles. The fourth-order valence-corrected chi connectivity index (χ4v) is 5.03. The number of aromatic hydroxyl groups is 1. The molecule has 0 amide bonds. The molecule has 0 unspecified atom stereocenters. The number of hydrogen-bond donors (Lipinski definition) is 2. The minimum absolute atomic E-state index is 0.0425. The number of ether oxygens (including phenoxy) is 2. The molecule has 0 radical (unpaired) electrons. The largest absolute Gasteiger partial charge is 0.508 e. The van der Waals surface area contributed by atoms with Gasteiger partial charge in [0, 0.05) is 22.2 Å². The molecule has 6 rings (SSSR count). The summed E-state index contributed by atoms with van der Waals surface area (Å²) < 4.78 is 12.7. The highest BCUT2D eigenvalue weighted by Gasteiger charge is 2.50. The summed E-state index contributed by atoms with van der Waals surface area (Å²) in [4.78, 5) is 44.5. The Morgan fingerprint density at radius 2 is 2.00 bits per heavy atom. The number of nitrogens with zero attached hydrogens (tertiary/aromatic N) is 2. The second kappa shape index (κ2) is 7.67. The molecule has 2 aromatic carbocycles. The summed E-state index contributed by atoms with van der Waals surface area (Å²) in [5, 5.41) is 10.6. The maximum absolute atomic E-state index is 13.6. The average Bonchev–Trinajstić information content (AvgIpc) is 3.23.